The van der Waals surface area contributed by atoms with Crippen molar-refractivity contribution in [2.24, 2.45) is 29.6 Å². The van der Waals surface area contributed by atoms with E-state index < -0.39 is 5.60 Å². The molecule has 2 aliphatic carbocycles. The fourth-order valence-corrected chi connectivity index (χ4v) is 6.89. The van der Waals surface area contributed by atoms with Crippen LogP contribution in [0.3, 0.4) is 0 Å². The lowest BCUT2D eigenvalue weighted by Gasteiger charge is -2.46. The van der Waals surface area contributed by atoms with E-state index in [1.165, 1.54) is 25.7 Å². The predicted octanol–water partition coefficient (Wildman–Crippen LogP) is 5.72. The van der Waals surface area contributed by atoms with E-state index >= 15 is 0 Å². The summed E-state index contributed by atoms with van der Waals surface area (Å²) < 4.78 is 11.5. The van der Waals surface area contributed by atoms with E-state index in [1.54, 1.807) is 0 Å². The molecule has 2 saturated carbocycles. The van der Waals surface area contributed by atoms with Crippen molar-refractivity contribution < 1.29 is 19.1 Å². The molecule has 4 fully saturated rings. The Hall–Kier alpha value is -1.52. The fraction of sp³-hybridized carbons (Fsp3) is 0.846. The van der Waals surface area contributed by atoms with Crippen LogP contribution in [0, 0.1) is 29.6 Å². The van der Waals surface area contributed by atoms with Gasteiger partial charge in [0.25, 0.3) is 0 Å². The Morgan fingerprint density at radius 1 is 1.06 bits per heavy atom. The summed E-state index contributed by atoms with van der Waals surface area (Å²) in [5.41, 5.74) is -0.495. The molecular formula is C26H41NO4. The van der Waals surface area contributed by atoms with Crippen molar-refractivity contribution in [3.63, 3.8) is 0 Å². The molecule has 0 aromatic carbocycles. The number of cyclic esters (lactones) is 1. The molecule has 4 aliphatic rings. The number of allylic oxidation sites excluding steroid dienone is 1. The molecule has 0 unspecified atom stereocenters. The molecule has 31 heavy (non-hydrogen) atoms. The third-order valence-corrected chi connectivity index (χ3v) is 8.19. The lowest BCUT2D eigenvalue weighted by atomic mass is 9.57. The molecule has 4 rings (SSSR count). The summed E-state index contributed by atoms with van der Waals surface area (Å²) in [6.45, 7) is 9.97. The third-order valence-electron chi connectivity index (χ3n) is 8.19. The number of carbonyl (C=O) groups excluding carboxylic acids is 2. The van der Waals surface area contributed by atoms with Crippen LogP contribution in [-0.2, 0) is 14.3 Å². The van der Waals surface area contributed by atoms with Gasteiger partial charge in [0.2, 0.25) is 0 Å². The molecule has 2 heterocycles. The van der Waals surface area contributed by atoms with Crippen molar-refractivity contribution in [1.29, 1.82) is 0 Å². The number of esters is 1. The second-order valence-electron chi connectivity index (χ2n) is 11.5. The normalized spacial score (nSPS) is 40.9. The van der Waals surface area contributed by atoms with Crippen molar-refractivity contribution in [1.82, 2.24) is 4.90 Å². The van der Waals surface area contributed by atoms with E-state index in [2.05, 4.69) is 26.0 Å². The van der Waals surface area contributed by atoms with Crippen molar-refractivity contribution in [2.75, 3.05) is 0 Å². The van der Waals surface area contributed by atoms with Crippen LogP contribution in [0.2, 0.25) is 0 Å². The summed E-state index contributed by atoms with van der Waals surface area (Å²) in [6.07, 6.45) is 13.6. The lowest BCUT2D eigenvalue weighted by molar-refractivity contribution is -0.144. The second-order valence-corrected chi connectivity index (χ2v) is 11.5. The molecule has 174 valence electrons. The minimum absolute atomic E-state index is 0.0118. The largest absolute Gasteiger partial charge is 0.462 e. The quantitative estimate of drug-likeness (QED) is 0.414. The summed E-state index contributed by atoms with van der Waals surface area (Å²) in [7, 11) is 0. The molecule has 0 N–H and O–H groups in total. The Morgan fingerprint density at radius 2 is 1.81 bits per heavy atom. The Bertz CT molecular complexity index is 711. The summed E-state index contributed by atoms with van der Waals surface area (Å²) >= 11 is 0. The molecule has 2 aliphatic heterocycles. The van der Waals surface area contributed by atoms with Gasteiger partial charge in [-0.3, -0.25) is 9.69 Å². The molecule has 5 heteroatoms. The maximum Gasteiger partial charge on any atom is 0.411 e. The van der Waals surface area contributed by atoms with Gasteiger partial charge >= 0.3 is 12.1 Å². The Morgan fingerprint density at radius 3 is 2.55 bits per heavy atom. The molecule has 8 atom stereocenters. The first-order valence-corrected chi connectivity index (χ1v) is 12.6. The molecule has 0 aromatic heterocycles. The number of ether oxygens (including phenoxy) is 2. The molecular weight excluding hydrogens is 390 g/mol. The van der Waals surface area contributed by atoms with Gasteiger partial charge in [0.15, 0.2) is 0 Å². The Balaban J connectivity index is 1.57. The lowest BCUT2D eigenvalue weighted by Crippen LogP contribution is -2.50. The van der Waals surface area contributed by atoms with Crippen molar-refractivity contribution in [3.05, 3.63) is 12.2 Å². The Labute approximate surface area is 187 Å². The molecule has 1 amide bonds. The Kier molecular flexibility index (Phi) is 6.42. The van der Waals surface area contributed by atoms with E-state index in [4.69, 9.17) is 9.47 Å². The smallest absolute Gasteiger partial charge is 0.411 e. The van der Waals surface area contributed by atoms with Crippen LogP contribution >= 0.6 is 0 Å². The van der Waals surface area contributed by atoms with Crippen molar-refractivity contribution in [3.8, 4) is 0 Å². The van der Waals surface area contributed by atoms with Crippen LogP contribution in [0.25, 0.3) is 0 Å². The minimum atomic E-state index is -0.495. The summed E-state index contributed by atoms with van der Waals surface area (Å²) in [6, 6.07) is 0.240. The third kappa shape index (κ3) is 4.66. The fourth-order valence-electron chi connectivity index (χ4n) is 6.89. The van der Waals surface area contributed by atoms with Gasteiger partial charge in [-0.2, -0.15) is 0 Å². The predicted molar refractivity (Wildman–Crippen MR) is 120 cm³/mol. The number of likely N-dealkylation sites (tertiary alicyclic amines) is 1. The number of nitrogens with zero attached hydrogens (tertiary/aromatic N) is 1. The molecule has 0 aromatic rings. The zero-order chi connectivity index (χ0) is 22.3. The van der Waals surface area contributed by atoms with E-state index in [-0.39, 0.29) is 42.1 Å². The molecule has 0 spiro atoms. The van der Waals surface area contributed by atoms with Crippen LogP contribution in [0.4, 0.5) is 4.79 Å². The molecule has 2 saturated heterocycles. The van der Waals surface area contributed by atoms with Crippen LogP contribution < -0.4 is 0 Å². The highest BCUT2D eigenvalue weighted by atomic mass is 16.6. The van der Waals surface area contributed by atoms with Gasteiger partial charge in [-0.1, -0.05) is 31.4 Å². The van der Waals surface area contributed by atoms with Crippen LogP contribution in [0.15, 0.2) is 12.2 Å². The summed E-state index contributed by atoms with van der Waals surface area (Å²) in [5.74, 6) is 1.98. The maximum atomic E-state index is 13.0. The van der Waals surface area contributed by atoms with Gasteiger partial charge in [-0.05, 0) is 84.5 Å². The monoisotopic (exact) mass is 431 g/mol. The highest BCUT2D eigenvalue weighted by Crippen LogP contribution is 2.53. The zero-order valence-corrected chi connectivity index (χ0v) is 20.0. The number of rotatable bonds is 2. The van der Waals surface area contributed by atoms with Gasteiger partial charge < -0.3 is 9.47 Å². The second kappa shape index (κ2) is 8.78. The first kappa shape index (κ1) is 22.7. The highest BCUT2D eigenvalue weighted by molar-refractivity contribution is 5.75. The summed E-state index contributed by atoms with van der Waals surface area (Å²) in [4.78, 5) is 27.5. The average molecular weight is 432 g/mol. The van der Waals surface area contributed by atoms with E-state index in [0.717, 1.165) is 25.7 Å². The van der Waals surface area contributed by atoms with E-state index in [1.807, 2.05) is 25.7 Å². The maximum absolute atomic E-state index is 13.0. The number of hydrogen-bond acceptors (Lipinski definition) is 4. The SMILES string of the molecule is C[C@@H]1OC(=O)[C@@H]2C[C@@H]3CCCC[C@@H]3[C@@H](/C=C/[C@H]3CCC[C@H](C)N3C(=O)OC(C)(C)C)[C@H]12. The highest BCUT2D eigenvalue weighted by Gasteiger charge is 2.53. The van der Waals surface area contributed by atoms with Gasteiger partial charge in [0.1, 0.15) is 11.7 Å². The number of fused-ring (bicyclic) bond motifs is 2. The van der Waals surface area contributed by atoms with E-state index in [9.17, 15) is 9.59 Å². The van der Waals surface area contributed by atoms with Crippen LogP contribution in [-0.4, -0.2) is 40.8 Å². The first-order chi connectivity index (χ1) is 14.7. The van der Waals surface area contributed by atoms with Crippen molar-refractivity contribution >= 4 is 12.1 Å². The zero-order valence-electron chi connectivity index (χ0n) is 20.0. The summed E-state index contributed by atoms with van der Waals surface area (Å²) in [5, 5.41) is 0. The van der Waals surface area contributed by atoms with E-state index in [0.29, 0.717) is 17.8 Å². The van der Waals surface area contributed by atoms with Crippen LogP contribution in [0.5, 0.6) is 0 Å². The van der Waals surface area contributed by atoms with Crippen LogP contribution in [0.1, 0.15) is 86.0 Å². The molecule has 5 nitrogen and oxygen atoms in total. The minimum Gasteiger partial charge on any atom is -0.462 e. The number of piperidine rings is 1. The van der Waals surface area contributed by atoms with Gasteiger partial charge in [-0.25, -0.2) is 4.79 Å². The van der Waals surface area contributed by atoms with Gasteiger partial charge in [0, 0.05) is 12.0 Å². The van der Waals surface area contributed by atoms with Gasteiger partial charge in [-0.15, -0.1) is 0 Å². The van der Waals surface area contributed by atoms with Crippen molar-refractivity contribution in [2.45, 2.75) is 110 Å². The molecule has 0 radical (unpaired) electrons. The number of hydrogen-bond donors (Lipinski definition) is 0. The average Bonchev–Trinajstić information content (AvgIpc) is 2.97. The number of carbonyl (C=O) groups is 2. The number of amides is 1. The standard InChI is InChI=1S/C26H41NO4/c1-16-9-8-11-19(27(16)25(29)31-26(3,4)5)13-14-21-20-12-7-6-10-18(20)15-22-23(21)17(2)30-24(22)28/h13-14,16-23H,6-12,15H2,1-5H3/b14-13+/t16-,17-,18-,19+,20-,21+,22+,23-/m0/s1. The first-order valence-electron chi connectivity index (χ1n) is 12.6. The topological polar surface area (TPSA) is 55.8 Å². The van der Waals surface area contributed by atoms with Gasteiger partial charge in [0.05, 0.1) is 12.0 Å². The molecule has 0 bridgehead atoms.